The molecule has 0 fully saturated rings. The van der Waals surface area contributed by atoms with Crippen molar-refractivity contribution in [2.45, 2.75) is 24.8 Å². The molecule has 33 heavy (non-hydrogen) atoms. The highest BCUT2D eigenvalue weighted by atomic mass is 32.1. The van der Waals surface area contributed by atoms with Crippen molar-refractivity contribution in [2.75, 3.05) is 17.4 Å². The summed E-state index contributed by atoms with van der Waals surface area (Å²) in [6.45, 7) is 0.00773. The van der Waals surface area contributed by atoms with Crippen LogP contribution in [0.2, 0.25) is 0 Å². The van der Waals surface area contributed by atoms with Gasteiger partial charge < -0.3 is 20.1 Å². The molecule has 6 rings (SSSR count). The number of ketones is 1. The quantitative estimate of drug-likeness (QED) is 0.400. The number of carbonyl (C=O) groups excluding carboxylic acids is 1. The van der Waals surface area contributed by atoms with Gasteiger partial charge in [-0.15, -0.1) is 11.3 Å². The number of carbonyl (C=O) groups is 1. The number of nitrogens with zero attached hydrogens (tertiary/aromatic N) is 1. The van der Waals surface area contributed by atoms with E-state index >= 15 is 0 Å². The number of para-hydroxylation sites is 2. The summed E-state index contributed by atoms with van der Waals surface area (Å²) < 4.78 is 10.9. The van der Waals surface area contributed by atoms with E-state index in [1.807, 2.05) is 35.7 Å². The highest BCUT2D eigenvalue weighted by molar-refractivity contribution is 7.10. The van der Waals surface area contributed by atoms with Crippen molar-refractivity contribution in [1.82, 2.24) is 0 Å². The zero-order valence-corrected chi connectivity index (χ0v) is 18.2. The predicted octanol–water partition coefficient (Wildman–Crippen LogP) is 5.36. The summed E-state index contributed by atoms with van der Waals surface area (Å²) in [5, 5.41) is 20.9. The Morgan fingerprint density at radius 1 is 1.03 bits per heavy atom. The Balaban J connectivity index is 1.53. The largest absolute Gasteiger partial charge is 0.454 e. The molecule has 2 aliphatic heterocycles. The summed E-state index contributed by atoms with van der Waals surface area (Å²) in [5.74, 6) is 0.810. The van der Waals surface area contributed by atoms with Gasteiger partial charge in [-0.2, -0.15) is 0 Å². The first-order valence-electron chi connectivity index (χ1n) is 10.6. The van der Waals surface area contributed by atoms with Gasteiger partial charge in [-0.1, -0.05) is 18.2 Å². The first-order chi connectivity index (χ1) is 16.1. The first-order valence-corrected chi connectivity index (χ1v) is 11.5. The molecule has 2 atom stereocenters. The van der Waals surface area contributed by atoms with Crippen LogP contribution in [0.1, 0.15) is 35.2 Å². The van der Waals surface area contributed by atoms with Crippen molar-refractivity contribution in [1.29, 1.82) is 0 Å². The van der Waals surface area contributed by atoms with Crippen LogP contribution in [0.5, 0.6) is 11.5 Å². The number of Topliss-reactive ketones (excluding diaryl/α,β-unsaturated/α-hetero) is 1. The van der Waals surface area contributed by atoms with E-state index in [4.69, 9.17) is 9.47 Å². The average Bonchev–Trinajstić information content (AvgIpc) is 3.47. The molecule has 1 aromatic heterocycles. The second kappa shape index (κ2) is 7.63. The number of nitrogens with one attached hydrogen (secondary N) is 2. The third-order valence-corrected chi connectivity index (χ3v) is 7.32. The molecule has 0 radical (unpaired) electrons. The number of hydrogen-bond acceptors (Lipinski definition) is 8. The molecular formula is C24H19N3O5S. The fourth-order valence-corrected chi connectivity index (χ4v) is 5.62. The Morgan fingerprint density at radius 3 is 2.58 bits per heavy atom. The summed E-state index contributed by atoms with van der Waals surface area (Å²) in [6, 6.07) is 14.0. The lowest BCUT2D eigenvalue weighted by molar-refractivity contribution is -0.385. The smallest absolute Gasteiger partial charge is 0.279 e. The molecule has 8 nitrogen and oxygen atoms in total. The fourth-order valence-electron chi connectivity index (χ4n) is 4.79. The van der Waals surface area contributed by atoms with Gasteiger partial charge in [-0.25, -0.2) is 0 Å². The van der Waals surface area contributed by atoms with E-state index in [0.29, 0.717) is 35.5 Å². The molecule has 3 heterocycles. The summed E-state index contributed by atoms with van der Waals surface area (Å²) in [7, 11) is 0. The molecule has 0 spiro atoms. The summed E-state index contributed by atoms with van der Waals surface area (Å²) in [5.41, 5.74) is 3.18. The number of nitro benzene ring substituents is 1. The molecule has 3 aromatic rings. The van der Waals surface area contributed by atoms with Crippen molar-refractivity contribution >= 4 is 34.2 Å². The van der Waals surface area contributed by atoms with Crippen LogP contribution in [-0.4, -0.2) is 17.5 Å². The molecule has 0 bridgehead atoms. The number of rotatable bonds is 3. The molecular weight excluding hydrogens is 442 g/mol. The minimum Gasteiger partial charge on any atom is -0.454 e. The van der Waals surface area contributed by atoms with Crippen molar-refractivity contribution in [3.8, 4) is 11.5 Å². The molecule has 1 aliphatic carbocycles. The third kappa shape index (κ3) is 3.32. The lowest BCUT2D eigenvalue weighted by Crippen LogP contribution is -2.27. The maximum Gasteiger partial charge on any atom is 0.279 e. The number of allylic oxidation sites excluding steroid dienone is 1. The van der Waals surface area contributed by atoms with Gasteiger partial charge in [-0.05, 0) is 36.1 Å². The number of fused-ring (bicyclic) bond motifs is 2. The number of thiophene rings is 1. The van der Waals surface area contributed by atoms with Crippen LogP contribution >= 0.6 is 11.3 Å². The number of nitro groups is 1. The number of hydrogen-bond donors (Lipinski definition) is 2. The molecule has 0 amide bonds. The van der Waals surface area contributed by atoms with E-state index in [0.717, 1.165) is 21.9 Å². The summed E-state index contributed by atoms with van der Waals surface area (Å²) >= 11 is 1.64. The molecule has 2 aromatic carbocycles. The molecule has 0 unspecified atom stereocenters. The zero-order valence-electron chi connectivity index (χ0n) is 17.4. The Morgan fingerprint density at radius 2 is 1.82 bits per heavy atom. The fraction of sp³-hybridized carbons (Fsp3) is 0.208. The maximum atomic E-state index is 13.6. The standard InChI is InChI=1S/C24H19N3O5S/c28-19-9-13(22-6-3-7-33-22)8-17-23(19)24(26-16-5-2-1-4-15(16)25-17)14-10-20-21(32-12-31-20)11-18(14)27(29)30/h1-7,10-11,13,24-26H,8-9,12H2/t13-,24+/m1/s1. The van der Waals surface area contributed by atoms with Crippen LogP contribution in [0.25, 0.3) is 0 Å². The van der Waals surface area contributed by atoms with Gasteiger partial charge in [0.15, 0.2) is 17.3 Å². The minimum absolute atomic E-state index is 0.00773. The maximum absolute atomic E-state index is 13.6. The van der Waals surface area contributed by atoms with Gasteiger partial charge in [0, 0.05) is 28.5 Å². The van der Waals surface area contributed by atoms with Crippen LogP contribution < -0.4 is 20.1 Å². The van der Waals surface area contributed by atoms with E-state index < -0.39 is 11.0 Å². The second-order valence-corrected chi connectivity index (χ2v) is 9.18. The van der Waals surface area contributed by atoms with E-state index in [2.05, 4.69) is 16.7 Å². The monoisotopic (exact) mass is 461 g/mol. The SMILES string of the molecule is O=C1C[C@H](c2cccs2)CC2=C1[C@H](c1cc3c(cc1[N+](=O)[O-])OCO3)Nc1ccccc1N2. The lowest BCUT2D eigenvalue weighted by Gasteiger charge is -2.29. The highest BCUT2D eigenvalue weighted by Crippen LogP contribution is 2.48. The van der Waals surface area contributed by atoms with E-state index in [9.17, 15) is 14.9 Å². The topological polar surface area (TPSA) is 103 Å². The van der Waals surface area contributed by atoms with E-state index in [-0.39, 0.29) is 24.2 Å². The van der Waals surface area contributed by atoms with Gasteiger partial charge in [-0.3, -0.25) is 14.9 Å². The van der Waals surface area contributed by atoms with Gasteiger partial charge in [0.25, 0.3) is 5.69 Å². The molecule has 0 saturated heterocycles. The van der Waals surface area contributed by atoms with Gasteiger partial charge >= 0.3 is 0 Å². The van der Waals surface area contributed by atoms with Crippen molar-refractivity contribution < 1.29 is 19.2 Å². The van der Waals surface area contributed by atoms with Gasteiger partial charge in [0.05, 0.1) is 34.0 Å². The summed E-state index contributed by atoms with van der Waals surface area (Å²) in [6.07, 6.45) is 1.00. The number of benzene rings is 2. The average molecular weight is 461 g/mol. The van der Waals surface area contributed by atoms with Crippen molar-refractivity contribution in [2.24, 2.45) is 0 Å². The van der Waals surface area contributed by atoms with Crippen LogP contribution in [-0.2, 0) is 4.79 Å². The third-order valence-electron chi connectivity index (χ3n) is 6.28. The molecule has 9 heteroatoms. The normalized spacial score (nSPS) is 20.9. The molecule has 166 valence electrons. The summed E-state index contributed by atoms with van der Waals surface area (Å²) in [4.78, 5) is 26.3. The van der Waals surface area contributed by atoms with Crippen molar-refractivity contribution in [3.63, 3.8) is 0 Å². The van der Waals surface area contributed by atoms with E-state index in [1.54, 1.807) is 17.4 Å². The molecule has 2 N–H and O–H groups in total. The minimum atomic E-state index is -0.706. The number of anilines is 2. The molecule has 3 aliphatic rings. The van der Waals surface area contributed by atoms with Crippen LogP contribution in [0, 0.1) is 10.1 Å². The van der Waals surface area contributed by atoms with Crippen LogP contribution in [0.15, 0.2) is 65.2 Å². The Labute approximate surface area is 193 Å². The Kier molecular flexibility index (Phi) is 4.58. The predicted molar refractivity (Wildman–Crippen MR) is 124 cm³/mol. The number of ether oxygens (including phenoxy) is 2. The van der Waals surface area contributed by atoms with Crippen LogP contribution in [0.3, 0.4) is 0 Å². The van der Waals surface area contributed by atoms with Gasteiger partial charge in [0.2, 0.25) is 6.79 Å². The van der Waals surface area contributed by atoms with Crippen LogP contribution in [0.4, 0.5) is 17.1 Å². The highest BCUT2D eigenvalue weighted by Gasteiger charge is 2.39. The zero-order chi connectivity index (χ0) is 22.5. The molecule has 0 saturated carbocycles. The Bertz CT molecular complexity index is 1320. The van der Waals surface area contributed by atoms with E-state index in [1.165, 1.54) is 6.07 Å². The second-order valence-electron chi connectivity index (χ2n) is 8.21. The Hall–Kier alpha value is -3.85. The lowest BCUT2D eigenvalue weighted by atomic mass is 9.80. The van der Waals surface area contributed by atoms with Crippen molar-refractivity contribution in [3.05, 3.63) is 85.7 Å². The van der Waals surface area contributed by atoms with Gasteiger partial charge in [0.1, 0.15) is 0 Å². The first kappa shape index (κ1) is 19.8.